The van der Waals surface area contributed by atoms with Crippen molar-refractivity contribution in [2.45, 2.75) is 62.6 Å². The van der Waals surface area contributed by atoms with Crippen LogP contribution in [0.15, 0.2) is 41.0 Å². The van der Waals surface area contributed by atoms with Crippen LogP contribution in [-0.4, -0.2) is 6.88 Å². The molecule has 2 aliphatic carbocycles. The molecule has 0 N–H and O–H groups in total. The third kappa shape index (κ3) is 3.37. The molecule has 0 spiro atoms. The molecule has 4 heteroatoms. The predicted octanol–water partition coefficient (Wildman–Crippen LogP) is 6.19. The average Bonchev–Trinajstić information content (AvgIpc) is 2.82. The minimum absolute atomic E-state index is 0. The van der Waals surface area contributed by atoms with Crippen molar-refractivity contribution in [3.05, 3.63) is 41.0 Å². The number of rotatable bonds is 3. The molecule has 0 unspecified atom stereocenters. The van der Waals surface area contributed by atoms with Crippen LogP contribution in [0.3, 0.4) is 0 Å². The smallest absolute Gasteiger partial charge is 0.147 e. The summed E-state index contributed by atoms with van der Waals surface area (Å²) < 4.78 is 7.23. The number of hydrogen-bond donors (Lipinski definition) is 0. The molecule has 0 atom stereocenters. The molecule has 0 radical (unpaired) electrons. The Hall–Kier alpha value is 0.640. The predicted molar refractivity (Wildman–Crippen MR) is 106 cm³/mol. The fourth-order valence-corrected chi connectivity index (χ4v) is 23.0. The topological polar surface area (TPSA) is 0 Å². The first-order valence-electron chi connectivity index (χ1n) is 7.87. The Bertz CT molecular complexity index is 615. The summed E-state index contributed by atoms with van der Waals surface area (Å²) in [6.45, 7) is 16.7. The summed E-state index contributed by atoms with van der Waals surface area (Å²) in [7, 11) is 0. The van der Waals surface area contributed by atoms with E-state index < -0.39 is 17.4 Å². The van der Waals surface area contributed by atoms with Crippen LogP contribution >= 0.6 is 24.8 Å². The summed E-state index contributed by atoms with van der Waals surface area (Å²) in [5, 5.41) is 0. The van der Waals surface area contributed by atoms with Gasteiger partial charge in [0.15, 0.2) is 0 Å². The molecule has 0 nitrogen and oxygen atoms in total. The Morgan fingerprint density at radius 3 is 1.36 bits per heavy atom. The number of hydrogen-bond acceptors (Lipinski definition) is 0. The molecule has 0 heterocycles. The third-order valence-electron chi connectivity index (χ3n) is 6.03. The molecule has 0 fully saturated rings. The first-order valence-corrected chi connectivity index (χ1v) is 20.1. The van der Waals surface area contributed by atoms with Crippen molar-refractivity contribution in [1.29, 1.82) is 0 Å². The molecule has 0 saturated carbocycles. The van der Waals surface area contributed by atoms with Crippen molar-refractivity contribution >= 4 is 31.7 Å². The maximum absolute atomic E-state index is 3.05. The molecular weight excluding hydrogens is 406 g/mol. The summed E-state index contributed by atoms with van der Waals surface area (Å²) in [6, 6.07) is 0. The molecule has 22 heavy (non-hydrogen) atoms. The molecule has 0 bridgehead atoms. The summed E-state index contributed by atoms with van der Waals surface area (Å²) in [5.74, 6) is 0. The maximum atomic E-state index is 2.71. The van der Waals surface area contributed by atoms with Crippen LogP contribution in [0.25, 0.3) is 0 Å². The van der Waals surface area contributed by atoms with Gasteiger partial charge in [0, 0.05) is 0 Å². The molecule has 0 amide bonds. The van der Waals surface area contributed by atoms with Gasteiger partial charge in [-0.25, -0.2) is 0 Å². The van der Waals surface area contributed by atoms with Gasteiger partial charge < -0.3 is 0 Å². The average molecular weight is 439 g/mol. The van der Waals surface area contributed by atoms with E-state index in [0.29, 0.717) is 0 Å². The van der Waals surface area contributed by atoms with Gasteiger partial charge >= 0.3 is 128 Å². The zero-order chi connectivity index (χ0) is 15.3. The van der Waals surface area contributed by atoms with Gasteiger partial charge in [-0.1, -0.05) is 0 Å². The summed E-state index contributed by atoms with van der Waals surface area (Å²) in [4.78, 5) is 0. The molecule has 0 aromatic heterocycles. The van der Waals surface area contributed by atoms with Crippen LogP contribution < -0.4 is 0 Å². The van der Waals surface area contributed by atoms with Gasteiger partial charge in [-0.2, -0.15) is 0 Å². The summed E-state index contributed by atoms with van der Waals surface area (Å²) >= 11 is -3.05. The van der Waals surface area contributed by atoms with Gasteiger partial charge in [-0.3, -0.25) is 0 Å². The summed E-state index contributed by atoms with van der Waals surface area (Å²) in [5.41, 5.74) is 6.30. The van der Waals surface area contributed by atoms with Gasteiger partial charge in [-0.05, 0) is 0 Å². The first kappa shape index (κ1) is 22.6. The van der Waals surface area contributed by atoms with E-state index >= 15 is 0 Å². The molecular formula is C18H32Cl2SiZr. The van der Waals surface area contributed by atoms with E-state index in [9.17, 15) is 0 Å². The normalized spacial score (nSPS) is 19.1. The fraction of sp³-hybridized carbons (Fsp3) is 0.556. The van der Waals surface area contributed by atoms with Gasteiger partial charge in [0.2, 0.25) is 0 Å². The standard InChI is InChI=1S/2C7H9.C3H7.CH3.2ClH.H2Si.Zr/c2*1-6-3-4-7(2)5-6;1-3-2;;;;;/h2*5H,3H2,1-2H3;3H,1-2H3;1H3;2*1H;1H2;. The van der Waals surface area contributed by atoms with Gasteiger partial charge in [-0.15, -0.1) is 24.8 Å². The Morgan fingerprint density at radius 2 is 1.18 bits per heavy atom. The molecule has 0 aromatic carbocycles. The van der Waals surface area contributed by atoms with Crippen LogP contribution in [0.4, 0.5) is 0 Å². The Kier molecular flexibility index (Phi) is 7.47. The van der Waals surface area contributed by atoms with E-state index in [4.69, 9.17) is 0 Å². The van der Waals surface area contributed by atoms with Crippen molar-refractivity contribution in [2.24, 2.45) is 0 Å². The number of allylic oxidation sites excluding steroid dienone is 8. The Morgan fingerprint density at radius 1 is 0.864 bits per heavy atom. The van der Waals surface area contributed by atoms with E-state index in [1.165, 1.54) is 12.8 Å². The van der Waals surface area contributed by atoms with E-state index in [-0.39, 0.29) is 24.8 Å². The quantitative estimate of drug-likeness (QED) is 0.461. The van der Waals surface area contributed by atoms with E-state index in [1.54, 1.807) is 22.3 Å². The maximum Gasteiger partial charge on any atom is -0.147 e. The molecule has 0 saturated heterocycles. The molecule has 2 rings (SSSR count). The second-order valence-corrected chi connectivity index (χ2v) is 34.9. The minimum atomic E-state index is -3.05. The van der Waals surface area contributed by atoms with Crippen LogP contribution in [0.2, 0.25) is 8.26 Å². The second-order valence-electron chi connectivity index (χ2n) is 7.93. The Labute approximate surface area is 151 Å². The zero-order valence-electron chi connectivity index (χ0n) is 15.2. The van der Waals surface area contributed by atoms with Crippen molar-refractivity contribution in [3.63, 3.8) is 0 Å². The van der Waals surface area contributed by atoms with E-state index in [2.05, 4.69) is 65.2 Å². The van der Waals surface area contributed by atoms with Gasteiger partial charge in [0.25, 0.3) is 0 Å². The third-order valence-corrected chi connectivity index (χ3v) is 34.7. The van der Waals surface area contributed by atoms with Crippen LogP contribution in [0.1, 0.15) is 54.4 Å². The molecule has 2 aliphatic rings. The molecule has 126 valence electrons. The second kappa shape index (κ2) is 7.26. The minimum Gasteiger partial charge on any atom is -0.147 e. The largest absolute Gasteiger partial charge is 0.147 e. The SMILES string of the molecule is CC1=CC(C)=[C]([Zr]([CH3])(=[SiH2])([C]2=C(C)C=C(C)C2)[CH](C)C)C1.Cl.Cl. The van der Waals surface area contributed by atoms with E-state index in [0.717, 1.165) is 3.63 Å². The zero-order valence-corrected chi connectivity index (χ0v) is 20.7. The van der Waals surface area contributed by atoms with Gasteiger partial charge in [0.05, 0.1) is 0 Å². The van der Waals surface area contributed by atoms with E-state index in [1.807, 2.05) is 6.56 Å². The van der Waals surface area contributed by atoms with Crippen molar-refractivity contribution in [2.75, 3.05) is 0 Å². The van der Waals surface area contributed by atoms with Crippen molar-refractivity contribution in [3.8, 4) is 0 Å². The van der Waals surface area contributed by atoms with Crippen LogP contribution in [0.5, 0.6) is 0 Å². The fourth-order valence-electron chi connectivity index (χ4n) is 4.32. The Balaban J connectivity index is 0.00000220. The molecule has 0 aromatic rings. The van der Waals surface area contributed by atoms with Crippen LogP contribution in [-0.2, 0) is 17.4 Å². The van der Waals surface area contributed by atoms with Crippen molar-refractivity contribution < 1.29 is 17.4 Å². The first-order chi connectivity index (χ1) is 9.07. The van der Waals surface area contributed by atoms with Crippen molar-refractivity contribution in [1.82, 2.24) is 0 Å². The van der Waals surface area contributed by atoms with Crippen LogP contribution in [0, 0.1) is 0 Å². The van der Waals surface area contributed by atoms with Gasteiger partial charge in [0.1, 0.15) is 0 Å². The monoisotopic (exact) mass is 436 g/mol. The molecule has 0 aliphatic heterocycles. The summed E-state index contributed by atoms with van der Waals surface area (Å²) in [6.07, 6.45) is 7.36. The number of halogens is 2.